The molecule has 17 heavy (non-hydrogen) atoms. The van der Waals surface area contributed by atoms with Gasteiger partial charge in [0.2, 0.25) is 0 Å². The third-order valence-electron chi connectivity index (χ3n) is 3.49. The van der Waals surface area contributed by atoms with Crippen LogP contribution in [0, 0.1) is 6.92 Å². The fraction of sp³-hybridized carbons (Fsp3) is 0.571. The minimum Gasteiger partial charge on any atom is -0.496 e. The Morgan fingerprint density at radius 1 is 1.35 bits per heavy atom. The minimum atomic E-state index is 0.526. The molecule has 2 atom stereocenters. The van der Waals surface area contributed by atoms with Gasteiger partial charge in [-0.15, -0.1) is 0 Å². The molecule has 1 saturated heterocycles. The average Bonchev–Trinajstić information content (AvgIpc) is 2.33. The first kappa shape index (κ1) is 12.2. The summed E-state index contributed by atoms with van der Waals surface area (Å²) in [6, 6.07) is 7.53. The van der Waals surface area contributed by atoms with Crippen LogP contribution in [0.3, 0.4) is 0 Å². The molecule has 1 aliphatic heterocycles. The van der Waals surface area contributed by atoms with E-state index in [1.807, 2.05) is 0 Å². The van der Waals surface area contributed by atoms with Crippen molar-refractivity contribution in [2.45, 2.75) is 32.9 Å². The van der Waals surface area contributed by atoms with E-state index in [1.54, 1.807) is 7.11 Å². The van der Waals surface area contributed by atoms with Crippen LogP contribution in [-0.2, 0) is 0 Å². The third kappa shape index (κ3) is 2.55. The number of benzene rings is 1. The Morgan fingerprint density at radius 2 is 2.12 bits per heavy atom. The molecule has 0 aromatic heterocycles. The zero-order chi connectivity index (χ0) is 12.4. The van der Waals surface area contributed by atoms with E-state index in [9.17, 15) is 0 Å². The van der Waals surface area contributed by atoms with Crippen molar-refractivity contribution in [2.75, 3.05) is 25.1 Å². The summed E-state index contributed by atoms with van der Waals surface area (Å²) in [4.78, 5) is 2.45. The van der Waals surface area contributed by atoms with E-state index in [2.05, 4.69) is 49.2 Å². The van der Waals surface area contributed by atoms with Crippen molar-refractivity contribution >= 4 is 5.69 Å². The second-order valence-electron chi connectivity index (χ2n) is 4.96. The lowest BCUT2D eigenvalue weighted by molar-refractivity contribution is 0.408. The molecule has 1 aliphatic rings. The molecule has 0 aliphatic carbocycles. The number of rotatable bonds is 2. The summed E-state index contributed by atoms with van der Waals surface area (Å²) in [5, 5.41) is 3.50. The number of aryl methyl sites for hydroxylation is 1. The van der Waals surface area contributed by atoms with Crippen molar-refractivity contribution in [1.82, 2.24) is 5.32 Å². The number of nitrogens with one attached hydrogen (secondary N) is 1. The molecule has 1 heterocycles. The summed E-state index contributed by atoms with van der Waals surface area (Å²) in [6.45, 7) is 8.65. The van der Waals surface area contributed by atoms with E-state index < -0.39 is 0 Å². The molecule has 3 nitrogen and oxygen atoms in total. The van der Waals surface area contributed by atoms with Gasteiger partial charge in [0.1, 0.15) is 5.75 Å². The predicted octanol–water partition coefficient (Wildman–Crippen LogP) is 2.19. The van der Waals surface area contributed by atoms with Gasteiger partial charge in [0.25, 0.3) is 0 Å². The first-order valence-corrected chi connectivity index (χ1v) is 6.26. The molecular weight excluding hydrogens is 212 g/mol. The molecular formula is C14H22N2O. The second kappa shape index (κ2) is 4.96. The highest BCUT2D eigenvalue weighted by Gasteiger charge is 2.22. The van der Waals surface area contributed by atoms with E-state index in [4.69, 9.17) is 4.74 Å². The Labute approximate surface area is 104 Å². The monoisotopic (exact) mass is 234 g/mol. The highest BCUT2D eigenvalue weighted by atomic mass is 16.5. The van der Waals surface area contributed by atoms with E-state index in [1.165, 1.54) is 11.3 Å². The van der Waals surface area contributed by atoms with E-state index >= 15 is 0 Å². The fourth-order valence-electron chi connectivity index (χ4n) is 2.37. The molecule has 0 saturated carbocycles. The lowest BCUT2D eigenvalue weighted by atomic mass is 10.1. The number of ether oxygens (including phenoxy) is 1. The third-order valence-corrected chi connectivity index (χ3v) is 3.49. The SMILES string of the molecule is COc1cc(N2C[C@H](C)NC[C@H]2C)ccc1C. The van der Waals surface area contributed by atoms with Gasteiger partial charge in [-0.05, 0) is 32.4 Å². The van der Waals surface area contributed by atoms with Gasteiger partial charge in [0, 0.05) is 36.9 Å². The molecule has 0 spiro atoms. The molecule has 0 bridgehead atoms. The summed E-state index contributed by atoms with van der Waals surface area (Å²) in [6.07, 6.45) is 0. The van der Waals surface area contributed by atoms with Crippen LogP contribution in [0.5, 0.6) is 5.75 Å². The quantitative estimate of drug-likeness (QED) is 0.849. The fourth-order valence-corrected chi connectivity index (χ4v) is 2.37. The average molecular weight is 234 g/mol. The zero-order valence-corrected chi connectivity index (χ0v) is 11.2. The maximum Gasteiger partial charge on any atom is 0.123 e. The molecule has 1 N–H and O–H groups in total. The first-order valence-electron chi connectivity index (χ1n) is 6.26. The highest BCUT2D eigenvalue weighted by Crippen LogP contribution is 2.27. The minimum absolute atomic E-state index is 0.526. The van der Waals surface area contributed by atoms with Crippen LogP contribution in [0.4, 0.5) is 5.69 Å². The summed E-state index contributed by atoms with van der Waals surface area (Å²) >= 11 is 0. The van der Waals surface area contributed by atoms with Gasteiger partial charge in [0.05, 0.1) is 7.11 Å². The van der Waals surface area contributed by atoms with Crippen molar-refractivity contribution in [3.05, 3.63) is 23.8 Å². The van der Waals surface area contributed by atoms with E-state index in [0.717, 1.165) is 18.8 Å². The Morgan fingerprint density at radius 3 is 2.82 bits per heavy atom. The van der Waals surface area contributed by atoms with Crippen molar-refractivity contribution in [2.24, 2.45) is 0 Å². The van der Waals surface area contributed by atoms with Crippen LogP contribution in [0.1, 0.15) is 19.4 Å². The van der Waals surface area contributed by atoms with Crippen LogP contribution in [-0.4, -0.2) is 32.3 Å². The molecule has 0 unspecified atom stereocenters. The number of methoxy groups -OCH3 is 1. The van der Waals surface area contributed by atoms with Crippen LogP contribution in [0.15, 0.2) is 18.2 Å². The molecule has 3 heteroatoms. The first-order chi connectivity index (χ1) is 8.11. The van der Waals surface area contributed by atoms with Crippen LogP contribution in [0.2, 0.25) is 0 Å². The summed E-state index contributed by atoms with van der Waals surface area (Å²) < 4.78 is 5.40. The van der Waals surface area contributed by atoms with Crippen molar-refractivity contribution < 1.29 is 4.74 Å². The van der Waals surface area contributed by atoms with Crippen LogP contribution >= 0.6 is 0 Å². The predicted molar refractivity (Wildman–Crippen MR) is 72.0 cm³/mol. The number of hydrogen-bond donors (Lipinski definition) is 1. The molecule has 0 radical (unpaired) electrons. The van der Waals surface area contributed by atoms with Gasteiger partial charge < -0.3 is 15.0 Å². The maximum atomic E-state index is 5.40. The number of nitrogens with zero attached hydrogens (tertiary/aromatic N) is 1. The lowest BCUT2D eigenvalue weighted by Crippen LogP contribution is -2.54. The van der Waals surface area contributed by atoms with E-state index in [-0.39, 0.29) is 0 Å². The standard InChI is InChI=1S/C14H22N2O/c1-10-5-6-13(7-14(10)17-4)16-9-11(2)15-8-12(16)3/h5-7,11-12,15H,8-9H2,1-4H3/t11-,12+/m0/s1. The highest BCUT2D eigenvalue weighted by molar-refractivity contribution is 5.54. The Kier molecular flexibility index (Phi) is 3.57. The molecule has 94 valence electrons. The van der Waals surface area contributed by atoms with Gasteiger partial charge >= 0.3 is 0 Å². The Hall–Kier alpha value is -1.22. The van der Waals surface area contributed by atoms with Gasteiger partial charge in [-0.3, -0.25) is 0 Å². The molecule has 1 fully saturated rings. The van der Waals surface area contributed by atoms with Gasteiger partial charge in [-0.2, -0.15) is 0 Å². The molecule has 2 rings (SSSR count). The smallest absolute Gasteiger partial charge is 0.123 e. The van der Waals surface area contributed by atoms with Gasteiger partial charge in [-0.25, -0.2) is 0 Å². The van der Waals surface area contributed by atoms with Crippen molar-refractivity contribution in [3.8, 4) is 5.75 Å². The normalized spacial score (nSPS) is 24.8. The number of hydrogen-bond acceptors (Lipinski definition) is 3. The maximum absolute atomic E-state index is 5.40. The second-order valence-corrected chi connectivity index (χ2v) is 4.96. The van der Waals surface area contributed by atoms with Gasteiger partial charge in [-0.1, -0.05) is 6.07 Å². The zero-order valence-electron chi connectivity index (χ0n) is 11.2. The number of piperazine rings is 1. The van der Waals surface area contributed by atoms with Crippen molar-refractivity contribution in [3.63, 3.8) is 0 Å². The lowest BCUT2D eigenvalue weighted by Gasteiger charge is -2.39. The Bertz CT molecular complexity index is 392. The van der Waals surface area contributed by atoms with E-state index in [0.29, 0.717) is 12.1 Å². The summed E-state index contributed by atoms with van der Waals surface area (Å²) in [5.74, 6) is 0.973. The summed E-state index contributed by atoms with van der Waals surface area (Å²) in [7, 11) is 1.73. The largest absolute Gasteiger partial charge is 0.496 e. The van der Waals surface area contributed by atoms with Crippen LogP contribution < -0.4 is 15.0 Å². The van der Waals surface area contributed by atoms with Gasteiger partial charge in [0.15, 0.2) is 0 Å². The summed E-state index contributed by atoms with van der Waals surface area (Å²) in [5.41, 5.74) is 2.44. The molecule has 1 aromatic carbocycles. The van der Waals surface area contributed by atoms with Crippen molar-refractivity contribution in [1.29, 1.82) is 0 Å². The van der Waals surface area contributed by atoms with Crippen LogP contribution in [0.25, 0.3) is 0 Å². The Balaban J connectivity index is 2.26. The number of anilines is 1. The molecule has 0 amide bonds. The topological polar surface area (TPSA) is 24.5 Å². The molecule has 1 aromatic rings.